The highest BCUT2D eigenvalue weighted by Gasteiger charge is 2.14. The van der Waals surface area contributed by atoms with Gasteiger partial charge in [-0.05, 0) is 13.0 Å². The molecular formula is C14H15N3O3. The van der Waals surface area contributed by atoms with Crippen molar-refractivity contribution >= 4 is 21.9 Å². The predicted octanol–water partition coefficient (Wildman–Crippen LogP) is 2.53. The third-order valence-electron chi connectivity index (χ3n) is 3.13. The Hall–Kier alpha value is -2.50. The molecule has 104 valence electrons. The van der Waals surface area contributed by atoms with Gasteiger partial charge in [0.05, 0.1) is 26.3 Å². The van der Waals surface area contributed by atoms with Crippen LogP contribution in [0.2, 0.25) is 0 Å². The van der Waals surface area contributed by atoms with Gasteiger partial charge in [0.25, 0.3) is 0 Å². The van der Waals surface area contributed by atoms with Crippen LogP contribution < -0.4 is 14.2 Å². The average Bonchev–Trinajstić information content (AvgIpc) is 2.84. The molecule has 0 fully saturated rings. The van der Waals surface area contributed by atoms with E-state index >= 15 is 0 Å². The molecule has 0 radical (unpaired) electrons. The number of hydrogen-bond donors (Lipinski definition) is 1. The third-order valence-corrected chi connectivity index (χ3v) is 3.13. The van der Waals surface area contributed by atoms with E-state index in [1.807, 2.05) is 19.1 Å². The van der Waals surface area contributed by atoms with Gasteiger partial charge in [0.1, 0.15) is 17.4 Å². The Bertz CT molecular complexity index is 767. The summed E-state index contributed by atoms with van der Waals surface area (Å²) >= 11 is 0. The fraction of sp³-hybridized carbons (Fsp3) is 0.286. The third kappa shape index (κ3) is 1.80. The number of nitrogens with zero attached hydrogens (tertiary/aromatic N) is 2. The van der Waals surface area contributed by atoms with Gasteiger partial charge in [0.2, 0.25) is 5.88 Å². The van der Waals surface area contributed by atoms with Crippen LogP contribution in [-0.2, 0) is 0 Å². The van der Waals surface area contributed by atoms with Crippen LogP contribution in [0.5, 0.6) is 17.4 Å². The van der Waals surface area contributed by atoms with E-state index < -0.39 is 0 Å². The summed E-state index contributed by atoms with van der Waals surface area (Å²) < 4.78 is 16.1. The summed E-state index contributed by atoms with van der Waals surface area (Å²) in [5, 5.41) is 0.945. The number of rotatable bonds is 4. The number of methoxy groups -OCH3 is 2. The van der Waals surface area contributed by atoms with Crippen molar-refractivity contribution in [1.29, 1.82) is 0 Å². The Morgan fingerprint density at radius 2 is 1.85 bits per heavy atom. The lowest BCUT2D eigenvalue weighted by Gasteiger charge is -2.06. The van der Waals surface area contributed by atoms with Gasteiger partial charge in [-0.1, -0.05) is 0 Å². The second-order valence-electron chi connectivity index (χ2n) is 4.21. The van der Waals surface area contributed by atoms with Crippen LogP contribution in [0.15, 0.2) is 18.5 Å². The maximum Gasteiger partial charge on any atom is 0.241 e. The normalized spacial score (nSPS) is 10.9. The molecule has 3 rings (SSSR count). The standard InChI is InChI=1S/C14H15N3O3/c1-4-20-14-13-12(15-7-16-14)8-5-10(18-2)11(19-3)6-9(8)17-13/h5-7,17H,4H2,1-3H3. The predicted molar refractivity (Wildman–Crippen MR) is 75.7 cm³/mol. The van der Waals surface area contributed by atoms with Crippen LogP contribution in [0, 0.1) is 0 Å². The van der Waals surface area contributed by atoms with Gasteiger partial charge in [0.15, 0.2) is 11.5 Å². The molecule has 0 amide bonds. The molecular weight excluding hydrogens is 258 g/mol. The average molecular weight is 273 g/mol. The first kappa shape index (κ1) is 12.5. The molecule has 1 aromatic carbocycles. The summed E-state index contributed by atoms with van der Waals surface area (Å²) in [6, 6.07) is 3.78. The van der Waals surface area contributed by atoms with Crippen molar-refractivity contribution in [3.63, 3.8) is 0 Å². The van der Waals surface area contributed by atoms with Crippen LogP contribution >= 0.6 is 0 Å². The van der Waals surface area contributed by atoms with E-state index in [1.165, 1.54) is 6.33 Å². The summed E-state index contributed by atoms with van der Waals surface area (Å²) in [6.07, 6.45) is 1.50. The summed E-state index contributed by atoms with van der Waals surface area (Å²) in [5.74, 6) is 1.88. The maximum atomic E-state index is 5.52. The minimum Gasteiger partial charge on any atom is -0.493 e. The SMILES string of the molecule is CCOc1ncnc2c1[nH]c1cc(OC)c(OC)cc12. The van der Waals surface area contributed by atoms with Gasteiger partial charge >= 0.3 is 0 Å². The van der Waals surface area contributed by atoms with Crippen LogP contribution in [-0.4, -0.2) is 35.8 Å². The van der Waals surface area contributed by atoms with E-state index in [-0.39, 0.29) is 0 Å². The first-order valence-electron chi connectivity index (χ1n) is 6.29. The topological polar surface area (TPSA) is 69.3 Å². The molecule has 0 saturated heterocycles. The van der Waals surface area contributed by atoms with E-state index in [2.05, 4.69) is 15.0 Å². The van der Waals surface area contributed by atoms with Crippen molar-refractivity contribution in [2.24, 2.45) is 0 Å². The monoisotopic (exact) mass is 273 g/mol. The highest BCUT2D eigenvalue weighted by Crippen LogP contribution is 2.36. The number of aromatic nitrogens is 3. The second-order valence-corrected chi connectivity index (χ2v) is 4.21. The first-order valence-corrected chi connectivity index (χ1v) is 6.29. The van der Waals surface area contributed by atoms with E-state index in [9.17, 15) is 0 Å². The molecule has 0 aliphatic rings. The minimum absolute atomic E-state index is 0.548. The molecule has 2 heterocycles. The fourth-order valence-electron chi connectivity index (χ4n) is 2.25. The lowest BCUT2D eigenvalue weighted by atomic mass is 10.2. The molecule has 0 aliphatic carbocycles. The Morgan fingerprint density at radius 3 is 2.55 bits per heavy atom. The van der Waals surface area contributed by atoms with Crippen molar-refractivity contribution in [2.75, 3.05) is 20.8 Å². The van der Waals surface area contributed by atoms with Crippen molar-refractivity contribution in [3.8, 4) is 17.4 Å². The number of nitrogens with one attached hydrogen (secondary N) is 1. The molecule has 6 heteroatoms. The lowest BCUT2D eigenvalue weighted by Crippen LogP contribution is -1.95. The highest BCUT2D eigenvalue weighted by molar-refractivity contribution is 6.07. The Morgan fingerprint density at radius 1 is 1.10 bits per heavy atom. The molecule has 0 spiro atoms. The molecule has 0 bridgehead atoms. The van der Waals surface area contributed by atoms with E-state index in [0.717, 1.165) is 21.9 Å². The second kappa shape index (κ2) is 4.88. The highest BCUT2D eigenvalue weighted by atomic mass is 16.5. The number of ether oxygens (including phenoxy) is 3. The summed E-state index contributed by atoms with van der Waals surface area (Å²) in [6.45, 7) is 2.47. The first-order chi connectivity index (χ1) is 9.78. The quantitative estimate of drug-likeness (QED) is 0.791. The minimum atomic E-state index is 0.548. The number of fused-ring (bicyclic) bond motifs is 3. The number of hydrogen-bond acceptors (Lipinski definition) is 5. The largest absolute Gasteiger partial charge is 0.493 e. The Balaban J connectivity index is 2.33. The van der Waals surface area contributed by atoms with E-state index in [1.54, 1.807) is 14.2 Å². The van der Waals surface area contributed by atoms with Crippen molar-refractivity contribution < 1.29 is 14.2 Å². The smallest absolute Gasteiger partial charge is 0.241 e. The zero-order chi connectivity index (χ0) is 14.1. The molecule has 20 heavy (non-hydrogen) atoms. The molecule has 0 atom stereocenters. The number of H-pyrrole nitrogens is 1. The maximum absolute atomic E-state index is 5.52. The van der Waals surface area contributed by atoms with Gasteiger partial charge in [-0.15, -0.1) is 0 Å². The fourth-order valence-corrected chi connectivity index (χ4v) is 2.25. The molecule has 3 aromatic rings. The van der Waals surface area contributed by atoms with Crippen LogP contribution in [0.25, 0.3) is 21.9 Å². The number of aromatic amines is 1. The van der Waals surface area contributed by atoms with Crippen molar-refractivity contribution in [2.45, 2.75) is 6.92 Å². The van der Waals surface area contributed by atoms with Crippen LogP contribution in [0.3, 0.4) is 0 Å². The summed E-state index contributed by atoms with van der Waals surface area (Å²) in [7, 11) is 3.22. The number of benzene rings is 1. The molecule has 6 nitrogen and oxygen atoms in total. The Kier molecular flexibility index (Phi) is 3.06. The van der Waals surface area contributed by atoms with Crippen molar-refractivity contribution in [1.82, 2.24) is 15.0 Å². The van der Waals surface area contributed by atoms with E-state index in [0.29, 0.717) is 24.0 Å². The molecule has 1 N–H and O–H groups in total. The van der Waals surface area contributed by atoms with Crippen LogP contribution in [0.4, 0.5) is 0 Å². The zero-order valence-electron chi connectivity index (χ0n) is 11.6. The van der Waals surface area contributed by atoms with Gasteiger partial charge in [-0.2, -0.15) is 4.98 Å². The molecule has 0 saturated carbocycles. The summed E-state index contributed by atoms with van der Waals surface area (Å²) in [4.78, 5) is 11.7. The molecule has 0 unspecified atom stereocenters. The van der Waals surface area contributed by atoms with Gasteiger partial charge in [-0.3, -0.25) is 0 Å². The summed E-state index contributed by atoms with van der Waals surface area (Å²) in [5.41, 5.74) is 2.48. The molecule has 2 aromatic heterocycles. The van der Waals surface area contributed by atoms with Crippen LogP contribution in [0.1, 0.15) is 6.92 Å². The molecule has 0 aliphatic heterocycles. The van der Waals surface area contributed by atoms with Gasteiger partial charge in [0, 0.05) is 11.5 Å². The van der Waals surface area contributed by atoms with Crippen molar-refractivity contribution in [3.05, 3.63) is 18.5 Å². The zero-order valence-corrected chi connectivity index (χ0v) is 11.6. The van der Waals surface area contributed by atoms with Gasteiger partial charge < -0.3 is 19.2 Å². The lowest BCUT2D eigenvalue weighted by molar-refractivity contribution is 0.330. The Labute approximate surface area is 115 Å². The van der Waals surface area contributed by atoms with E-state index in [4.69, 9.17) is 14.2 Å². The van der Waals surface area contributed by atoms with Gasteiger partial charge in [-0.25, -0.2) is 4.98 Å².